The number of sulfonamides is 1. The van der Waals surface area contributed by atoms with Crippen LogP contribution >= 0.6 is 22.9 Å². The number of nitrogens with one attached hydrogen (secondary N) is 2. The topological polar surface area (TPSA) is 95.6 Å². The van der Waals surface area contributed by atoms with Crippen LogP contribution in [0.4, 0.5) is 15.8 Å². The van der Waals surface area contributed by atoms with Gasteiger partial charge in [-0.2, -0.15) is 4.72 Å². The average Bonchev–Trinajstić information content (AvgIpc) is 3.19. The Hall–Kier alpha value is -2.27. The number of halogens is 2. The molecule has 0 radical (unpaired) electrons. The zero-order chi connectivity index (χ0) is 21.2. The summed E-state index contributed by atoms with van der Waals surface area (Å²) in [7, 11) is -3.88. The van der Waals surface area contributed by atoms with Crippen molar-refractivity contribution in [3.63, 3.8) is 0 Å². The summed E-state index contributed by atoms with van der Waals surface area (Å²) in [6.07, 6.45) is 1.58. The molecule has 1 saturated heterocycles. The van der Waals surface area contributed by atoms with Gasteiger partial charge in [0.25, 0.3) is 0 Å². The molecule has 11 heteroatoms. The zero-order valence-electron chi connectivity index (χ0n) is 15.2. The molecular weight excluding hydrogens is 441 g/mol. The summed E-state index contributed by atoms with van der Waals surface area (Å²) in [5.74, 6) is -1.59. The van der Waals surface area contributed by atoms with Gasteiger partial charge in [0.2, 0.25) is 21.8 Å². The molecule has 0 aliphatic carbocycles. The van der Waals surface area contributed by atoms with Crippen molar-refractivity contribution < 1.29 is 22.4 Å². The summed E-state index contributed by atoms with van der Waals surface area (Å²) in [6.45, 7) is 1.46. The number of anilines is 2. The highest BCUT2D eigenvalue weighted by atomic mass is 35.5. The van der Waals surface area contributed by atoms with Crippen LogP contribution in [0.15, 0.2) is 35.7 Å². The van der Waals surface area contributed by atoms with E-state index in [1.807, 2.05) is 0 Å². The number of nitrogens with zero attached hydrogens (tertiary/aromatic N) is 1. The molecule has 3 rings (SSSR count). The number of carbonyl (C=O) groups is 2. The van der Waals surface area contributed by atoms with Crippen LogP contribution in [0.25, 0.3) is 6.08 Å². The van der Waals surface area contributed by atoms with Crippen molar-refractivity contribution in [2.75, 3.05) is 16.8 Å². The number of carbonyl (C=O) groups excluding carboxylic acids is 2. The Bertz CT molecular complexity index is 1080. The maximum Gasteiger partial charge on any atom is 0.245 e. The molecule has 29 heavy (non-hydrogen) atoms. The zero-order valence-corrected chi connectivity index (χ0v) is 17.6. The molecule has 1 aromatic heterocycles. The number of benzene rings is 1. The second kappa shape index (κ2) is 8.62. The minimum atomic E-state index is -3.88. The lowest BCUT2D eigenvalue weighted by Gasteiger charge is -2.18. The molecule has 2 amide bonds. The van der Waals surface area contributed by atoms with Gasteiger partial charge >= 0.3 is 0 Å². The second-order valence-electron chi connectivity index (χ2n) is 6.29. The Balaban J connectivity index is 1.69. The fraction of sp³-hybridized carbons (Fsp3) is 0.222. The van der Waals surface area contributed by atoms with Crippen LogP contribution in [0, 0.1) is 5.82 Å². The minimum Gasteiger partial charge on any atom is -0.326 e. The van der Waals surface area contributed by atoms with E-state index in [1.54, 1.807) is 12.1 Å². The molecule has 2 N–H and O–H groups in total. The number of amides is 2. The highest BCUT2D eigenvalue weighted by Gasteiger charge is 2.35. The Morgan fingerprint density at radius 1 is 1.34 bits per heavy atom. The number of thiophene rings is 1. The summed E-state index contributed by atoms with van der Waals surface area (Å²) in [4.78, 5) is 25.5. The van der Waals surface area contributed by atoms with Gasteiger partial charge < -0.3 is 10.2 Å². The van der Waals surface area contributed by atoms with Crippen molar-refractivity contribution in [3.8, 4) is 0 Å². The van der Waals surface area contributed by atoms with Crippen molar-refractivity contribution in [1.82, 2.24) is 4.72 Å². The molecular formula is C18H17ClFN3O4S2. The first kappa shape index (κ1) is 21.4. The lowest BCUT2D eigenvalue weighted by Crippen LogP contribution is -2.40. The first-order chi connectivity index (χ1) is 13.6. The van der Waals surface area contributed by atoms with Crippen LogP contribution in [0.5, 0.6) is 0 Å². The van der Waals surface area contributed by atoms with Crippen LogP contribution in [-0.4, -0.2) is 32.8 Å². The maximum atomic E-state index is 14.4. The maximum absolute atomic E-state index is 14.4. The van der Waals surface area contributed by atoms with E-state index in [0.29, 0.717) is 9.21 Å². The molecule has 2 aromatic rings. The summed E-state index contributed by atoms with van der Waals surface area (Å²) in [5.41, 5.74) is 0.288. The Morgan fingerprint density at radius 2 is 2.10 bits per heavy atom. The van der Waals surface area contributed by atoms with Crippen LogP contribution in [0.1, 0.15) is 18.2 Å². The lowest BCUT2D eigenvalue weighted by molar-refractivity contribution is -0.118. The van der Waals surface area contributed by atoms with E-state index in [2.05, 4.69) is 10.0 Å². The van der Waals surface area contributed by atoms with Gasteiger partial charge in [-0.15, -0.1) is 11.3 Å². The Kier molecular flexibility index (Phi) is 6.37. The van der Waals surface area contributed by atoms with E-state index < -0.39 is 27.8 Å². The van der Waals surface area contributed by atoms with Gasteiger partial charge in [-0.25, -0.2) is 12.8 Å². The third-order valence-corrected chi connectivity index (χ3v) is 6.38. The van der Waals surface area contributed by atoms with Crippen LogP contribution in [0.3, 0.4) is 0 Å². The number of hydrogen-bond acceptors (Lipinski definition) is 5. The summed E-state index contributed by atoms with van der Waals surface area (Å²) < 4.78 is 41.8. The molecule has 7 nitrogen and oxygen atoms in total. The molecule has 1 atom stereocenters. The predicted octanol–water partition coefficient (Wildman–Crippen LogP) is 3.19. The van der Waals surface area contributed by atoms with Gasteiger partial charge in [0.15, 0.2) is 0 Å². The fourth-order valence-electron chi connectivity index (χ4n) is 2.85. The van der Waals surface area contributed by atoms with Gasteiger partial charge in [0.1, 0.15) is 11.9 Å². The van der Waals surface area contributed by atoms with Crippen molar-refractivity contribution in [2.45, 2.75) is 19.4 Å². The first-order valence-electron chi connectivity index (χ1n) is 8.49. The molecule has 154 valence electrons. The number of hydrogen-bond donors (Lipinski definition) is 2. The highest BCUT2D eigenvalue weighted by molar-refractivity contribution is 7.92. The van der Waals surface area contributed by atoms with Crippen molar-refractivity contribution in [2.24, 2.45) is 0 Å². The predicted molar refractivity (Wildman–Crippen MR) is 112 cm³/mol. The molecule has 0 unspecified atom stereocenters. The van der Waals surface area contributed by atoms with Gasteiger partial charge in [0, 0.05) is 29.4 Å². The first-order valence-corrected chi connectivity index (χ1v) is 11.2. The normalized spacial score (nSPS) is 17.3. The summed E-state index contributed by atoms with van der Waals surface area (Å²) in [6, 6.07) is 6.28. The standard InChI is InChI=1S/C18H17ClFN3O4S2/c1-11(24)21-12-2-4-16(14(20)10-12)23-8-6-15(18(23)25)22-29(26,27)9-7-13-3-5-17(19)28-13/h2-5,7,9-10,15,22H,6,8H2,1H3,(H,21,24)/b9-7+/t15-/m0/s1. The smallest absolute Gasteiger partial charge is 0.245 e. The van der Waals surface area contributed by atoms with Crippen LogP contribution < -0.4 is 14.9 Å². The second-order valence-corrected chi connectivity index (χ2v) is 9.63. The van der Waals surface area contributed by atoms with Crippen LogP contribution in [-0.2, 0) is 19.6 Å². The van der Waals surface area contributed by atoms with Gasteiger partial charge in [-0.3, -0.25) is 9.59 Å². The van der Waals surface area contributed by atoms with Gasteiger partial charge in [0.05, 0.1) is 10.0 Å². The minimum absolute atomic E-state index is 0.0227. The molecule has 1 fully saturated rings. The Labute approximate surface area is 176 Å². The average molecular weight is 458 g/mol. The van der Waals surface area contributed by atoms with E-state index in [4.69, 9.17) is 11.6 Å². The SMILES string of the molecule is CC(=O)Nc1ccc(N2CC[C@H](NS(=O)(=O)/C=C/c3ccc(Cl)s3)C2=O)c(F)c1. The molecule has 0 saturated carbocycles. The molecule has 2 heterocycles. The Morgan fingerprint density at radius 3 is 2.72 bits per heavy atom. The molecule has 1 aliphatic rings. The van der Waals surface area contributed by atoms with Crippen molar-refractivity contribution >= 4 is 62.2 Å². The summed E-state index contributed by atoms with van der Waals surface area (Å²) in [5, 5.41) is 3.42. The fourth-order valence-corrected chi connectivity index (χ4v) is 4.92. The van der Waals surface area contributed by atoms with E-state index in [9.17, 15) is 22.4 Å². The van der Waals surface area contributed by atoms with Gasteiger partial charge in [-0.05, 0) is 42.8 Å². The van der Waals surface area contributed by atoms with Crippen molar-refractivity contribution in [3.05, 3.63) is 50.8 Å². The van der Waals surface area contributed by atoms with Crippen molar-refractivity contribution in [1.29, 1.82) is 0 Å². The van der Waals surface area contributed by atoms with E-state index in [0.717, 1.165) is 11.5 Å². The monoisotopic (exact) mass is 457 g/mol. The largest absolute Gasteiger partial charge is 0.326 e. The van der Waals surface area contributed by atoms with Gasteiger partial charge in [-0.1, -0.05) is 11.6 Å². The van der Waals surface area contributed by atoms with Crippen LogP contribution in [0.2, 0.25) is 4.34 Å². The molecule has 0 bridgehead atoms. The lowest BCUT2D eigenvalue weighted by atomic mass is 10.2. The third kappa shape index (κ3) is 5.41. The quantitative estimate of drug-likeness (QED) is 0.696. The highest BCUT2D eigenvalue weighted by Crippen LogP contribution is 2.27. The van der Waals surface area contributed by atoms with E-state index in [1.165, 1.54) is 41.4 Å². The number of rotatable bonds is 6. The molecule has 1 aromatic carbocycles. The van der Waals surface area contributed by atoms with E-state index >= 15 is 0 Å². The third-order valence-electron chi connectivity index (χ3n) is 4.08. The molecule has 1 aliphatic heterocycles. The summed E-state index contributed by atoms with van der Waals surface area (Å²) >= 11 is 7.03. The van der Waals surface area contributed by atoms with E-state index in [-0.39, 0.29) is 30.2 Å². The molecule has 0 spiro atoms.